The number of hydrogen-bond donors (Lipinski definition) is 1. The van der Waals surface area contributed by atoms with Gasteiger partial charge in [-0.15, -0.1) is 0 Å². The van der Waals surface area contributed by atoms with E-state index in [9.17, 15) is 0 Å². The van der Waals surface area contributed by atoms with Crippen LogP contribution in [0.1, 0.15) is 17.9 Å². The number of hydrogen-bond acceptors (Lipinski definition) is 2. The summed E-state index contributed by atoms with van der Waals surface area (Å²) in [5.41, 5.74) is 6.94. The van der Waals surface area contributed by atoms with Crippen LogP contribution < -0.4 is 5.73 Å². The third kappa shape index (κ3) is 1.26. The van der Waals surface area contributed by atoms with E-state index in [0.717, 1.165) is 18.4 Å². The molecule has 58 valence electrons. The van der Waals surface area contributed by atoms with Crippen molar-refractivity contribution in [1.82, 2.24) is 4.98 Å². The summed E-state index contributed by atoms with van der Waals surface area (Å²) >= 11 is 0. The zero-order chi connectivity index (χ0) is 7.68. The van der Waals surface area contributed by atoms with Gasteiger partial charge in [0, 0.05) is 12.4 Å². The standard InChI is InChI=1S/C9H12N2/c10-6-8-5-9(8)7-1-3-11-4-2-7/h1-4,8-9H,5-6,10H2. The highest BCUT2D eigenvalue weighted by Crippen LogP contribution is 2.46. The number of nitrogens with zero attached hydrogens (tertiary/aromatic N) is 1. The summed E-state index contributed by atoms with van der Waals surface area (Å²) in [6.07, 6.45) is 4.96. The molecule has 0 saturated heterocycles. The second-order valence-corrected chi connectivity index (χ2v) is 3.12. The molecular formula is C9H12N2. The highest BCUT2D eigenvalue weighted by Gasteiger charge is 2.36. The fraction of sp³-hybridized carbons (Fsp3) is 0.444. The third-order valence-corrected chi connectivity index (χ3v) is 2.36. The first-order valence-corrected chi connectivity index (χ1v) is 4.02. The maximum Gasteiger partial charge on any atom is 0.0270 e. The van der Waals surface area contributed by atoms with Gasteiger partial charge in [-0.05, 0) is 42.5 Å². The fourth-order valence-electron chi connectivity index (χ4n) is 1.53. The van der Waals surface area contributed by atoms with Crippen molar-refractivity contribution in [1.29, 1.82) is 0 Å². The summed E-state index contributed by atoms with van der Waals surface area (Å²) in [5.74, 6) is 1.46. The number of rotatable bonds is 2. The van der Waals surface area contributed by atoms with Crippen LogP contribution in [0.5, 0.6) is 0 Å². The molecule has 11 heavy (non-hydrogen) atoms. The molecule has 1 aromatic heterocycles. The molecule has 0 aliphatic heterocycles. The fourth-order valence-corrected chi connectivity index (χ4v) is 1.53. The molecular weight excluding hydrogens is 136 g/mol. The summed E-state index contributed by atoms with van der Waals surface area (Å²) in [6, 6.07) is 4.17. The maximum absolute atomic E-state index is 5.55. The lowest BCUT2D eigenvalue weighted by Crippen LogP contribution is -2.01. The van der Waals surface area contributed by atoms with Crippen molar-refractivity contribution in [3.8, 4) is 0 Å². The summed E-state index contributed by atoms with van der Waals surface area (Å²) in [7, 11) is 0. The highest BCUT2D eigenvalue weighted by molar-refractivity contribution is 5.23. The molecule has 0 spiro atoms. The van der Waals surface area contributed by atoms with Gasteiger partial charge < -0.3 is 5.73 Å². The van der Waals surface area contributed by atoms with E-state index in [1.807, 2.05) is 12.4 Å². The Labute approximate surface area is 66.4 Å². The molecule has 1 aliphatic carbocycles. The largest absolute Gasteiger partial charge is 0.330 e. The average molecular weight is 148 g/mol. The Kier molecular flexibility index (Phi) is 1.62. The lowest BCUT2D eigenvalue weighted by Gasteiger charge is -1.95. The lowest BCUT2D eigenvalue weighted by atomic mass is 10.1. The van der Waals surface area contributed by atoms with E-state index >= 15 is 0 Å². The summed E-state index contributed by atoms with van der Waals surface area (Å²) in [4.78, 5) is 3.98. The first-order chi connectivity index (χ1) is 5.42. The predicted molar refractivity (Wildman–Crippen MR) is 44.1 cm³/mol. The van der Waals surface area contributed by atoms with Crippen LogP contribution in [0.3, 0.4) is 0 Å². The summed E-state index contributed by atoms with van der Waals surface area (Å²) in [5, 5.41) is 0. The molecule has 2 unspecified atom stereocenters. The van der Waals surface area contributed by atoms with Crippen molar-refractivity contribution in [2.45, 2.75) is 12.3 Å². The summed E-state index contributed by atoms with van der Waals surface area (Å²) in [6.45, 7) is 0.826. The second kappa shape index (κ2) is 2.62. The van der Waals surface area contributed by atoms with Gasteiger partial charge in [-0.25, -0.2) is 0 Å². The zero-order valence-electron chi connectivity index (χ0n) is 6.40. The van der Waals surface area contributed by atoms with Crippen molar-refractivity contribution in [3.05, 3.63) is 30.1 Å². The van der Waals surface area contributed by atoms with Gasteiger partial charge in [0.15, 0.2) is 0 Å². The Hall–Kier alpha value is -0.890. The molecule has 1 heterocycles. The van der Waals surface area contributed by atoms with Gasteiger partial charge in [0.1, 0.15) is 0 Å². The first-order valence-electron chi connectivity index (χ1n) is 4.02. The van der Waals surface area contributed by atoms with E-state index in [2.05, 4.69) is 17.1 Å². The smallest absolute Gasteiger partial charge is 0.0270 e. The quantitative estimate of drug-likeness (QED) is 0.683. The molecule has 0 aromatic carbocycles. The van der Waals surface area contributed by atoms with Gasteiger partial charge in [-0.1, -0.05) is 0 Å². The molecule has 2 N–H and O–H groups in total. The summed E-state index contributed by atoms with van der Waals surface area (Å²) < 4.78 is 0. The Morgan fingerprint density at radius 2 is 2.18 bits per heavy atom. The molecule has 2 heteroatoms. The van der Waals surface area contributed by atoms with E-state index in [1.54, 1.807) is 0 Å². The molecule has 2 atom stereocenters. The molecule has 1 saturated carbocycles. The SMILES string of the molecule is NCC1CC1c1ccncc1. The Morgan fingerprint density at radius 3 is 2.73 bits per heavy atom. The van der Waals surface area contributed by atoms with Gasteiger partial charge in [0.2, 0.25) is 0 Å². The highest BCUT2D eigenvalue weighted by atomic mass is 14.6. The average Bonchev–Trinajstić information content (AvgIpc) is 2.85. The van der Waals surface area contributed by atoms with Crippen LogP contribution in [-0.2, 0) is 0 Å². The normalized spacial score (nSPS) is 28.5. The van der Waals surface area contributed by atoms with Crippen LogP contribution in [0.2, 0.25) is 0 Å². The first kappa shape index (κ1) is 6.80. The van der Waals surface area contributed by atoms with E-state index in [-0.39, 0.29) is 0 Å². The monoisotopic (exact) mass is 148 g/mol. The van der Waals surface area contributed by atoms with Crippen molar-refractivity contribution >= 4 is 0 Å². The van der Waals surface area contributed by atoms with Crippen molar-refractivity contribution < 1.29 is 0 Å². The van der Waals surface area contributed by atoms with Crippen molar-refractivity contribution in [3.63, 3.8) is 0 Å². The Morgan fingerprint density at radius 1 is 1.45 bits per heavy atom. The van der Waals surface area contributed by atoms with E-state index in [4.69, 9.17) is 5.73 Å². The Bertz CT molecular complexity index is 233. The van der Waals surface area contributed by atoms with Crippen LogP contribution >= 0.6 is 0 Å². The number of aromatic nitrogens is 1. The maximum atomic E-state index is 5.55. The molecule has 1 aromatic rings. The Balaban J connectivity index is 2.09. The van der Waals surface area contributed by atoms with Gasteiger partial charge in [0.05, 0.1) is 0 Å². The minimum atomic E-state index is 0.725. The zero-order valence-corrected chi connectivity index (χ0v) is 6.40. The van der Waals surface area contributed by atoms with Crippen LogP contribution in [0.4, 0.5) is 0 Å². The number of pyridine rings is 1. The molecule has 2 rings (SSSR count). The molecule has 2 nitrogen and oxygen atoms in total. The lowest BCUT2D eigenvalue weighted by molar-refractivity contribution is 0.809. The number of nitrogens with two attached hydrogens (primary N) is 1. The van der Waals surface area contributed by atoms with Crippen molar-refractivity contribution in [2.24, 2.45) is 11.7 Å². The molecule has 1 fully saturated rings. The molecule has 0 radical (unpaired) electrons. The topological polar surface area (TPSA) is 38.9 Å². The van der Waals surface area contributed by atoms with E-state index in [1.165, 1.54) is 12.0 Å². The molecule has 0 amide bonds. The van der Waals surface area contributed by atoms with Gasteiger partial charge in [-0.3, -0.25) is 4.98 Å². The van der Waals surface area contributed by atoms with Crippen molar-refractivity contribution in [2.75, 3.05) is 6.54 Å². The second-order valence-electron chi connectivity index (χ2n) is 3.12. The minimum Gasteiger partial charge on any atom is -0.330 e. The van der Waals surface area contributed by atoms with Crippen LogP contribution in [0.25, 0.3) is 0 Å². The minimum absolute atomic E-state index is 0.725. The van der Waals surface area contributed by atoms with Crippen LogP contribution in [0, 0.1) is 5.92 Å². The van der Waals surface area contributed by atoms with Gasteiger partial charge in [-0.2, -0.15) is 0 Å². The third-order valence-electron chi connectivity index (χ3n) is 2.36. The molecule has 1 aliphatic rings. The van der Waals surface area contributed by atoms with Crippen LogP contribution in [0.15, 0.2) is 24.5 Å². The van der Waals surface area contributed by atoms with E-state index in [0.29, 0.717) is 0 Å². The van der Waals surface area contributed by atoms with Gasteiger partial charge in [0.25, 0.3) is 0 Å². The predicted octanol–water partition coefficient (Wildman–Crippen LogP) is 1.14. The van der Waals surface area contributed by atoms with E-state index < -0.39 is 0 Å². The van der Waals surface area contributed by atoms with Gasteiger partial charge >= 0.3 is 0 Å². The molecule has 0 bridgehead atoms. The van der Waals surface area contributed by atoms with Crippen LogP contribution in [-0.4, -0.2) is 11.5 Å².